The maximum Gasteiger partial charge on any atom is 0.348 e. The summed E-state index contributed by atoms with van der Waals surface area (Å²) in [5.41, 5.74) is 39.8. The van der Waals surface area contributed by atoms with E-state index in [1.807, 2.05) is 177 Å². The number of carbonyl (C=O) groups is 6. The van der Waals surface area contributed by atoms with Crippen molar-refractivity contribution in [3.63, 3.8) is 0 Å². The third-order valence-electron chi connectivity index (χ3n) is 27.7. The number of nitrogens with two attached hydrogens (primary N) is 4. The Balaban J connectivity index is 0.000000134. The lowest BCUT2D eigenvalue weighted by molar-refractivity contribution is -0.125. The van der Waals surface area contributed by atoms with Crippen molar-refractivity contribution in [3.05, 3.63) is 306 Å². The maximum absolute atomic E-state index is 13.8. The lowest BCUT2D eigenvalue weighted by Gasteiger charge is -2.36. The minimum absolute atomic E-state index is 0.0330. The molecule has 0 atom stereocenters. The molecule has 14 heterocycles. The molecule has 35 heteroatoms. The lowest BCUT2D eigenvalue weighted by Crippen LogP contribution is -2.45. The van der Waals surface area contributed by atoms with Gasteiger partial charge in [0.05, 0.1) is 61.9 Å². The van der Waals surface area contributed by atoms with E-state index >= 15 is 0 Å². The molecule has 0 spiro atoms. The van der Waals surface area contributed by atoms with E-state index < -0.39 is 21.7 Å². The number of pyridine rings is 6. The molecule has 20 rings (SSSR count). The molecule has 14 N–H and O–H groups in total. The molecule has 0 radical (unpaired) electrons. The van der Waals surface area contributed by atoms with Gasteiger partial charge in [0.1, 0.15) is 33.9 Å². The summed E-state index contributed by atoms with van der Waals surface area (Å²) in [4.78, 5) is 123. The first kappa shape index (κ1) is 102. The first-order chi connectivity index (χ1) is 71.4. The number of aryl methyl sites for hydroxylation is 1. The summed E-state index contributed by atoms with van der Waals surface area (Å²) in [5, 5.41) is 32.3. The first-order valence-electron chi connectivity index (χ1n) is 48.3. The summed E-state index contributed by atoms with van der Waals surface area (Å²) in [5.74, 6) is 2.62. The van der Waals surface area contributed by atoms with Crippen LogP contribution in [-0.4, -0.2) is 176 Å². The van der Waals surface area contributed by atoms with E-state index in [2.05, 4.69) is 71.1 Å². The van der Waals surface area contributed by atoms with Crippen LogP contribution in [0, 0.1) is 6.92 Å². The van der Waals surface area contributed by atoms with Gasteiger partial charge in [0.15, 0.2) is 0 Å². The second-order valence-corrected chi connectivity index (χ2v) is 37.3. The highest BCUT2D eigenvalue weighted by Gasteiger charge is 2.46. The monoisotopic (exact) mass is 2000 g/mol. The van der Waals surface area contributed by atoms with Crippen LogP contribution in [0.25, 0.3) is 76.8 Å². The zero-order valence-electron chi connectivity index (χ0n) is 81.9. The molecule has 5 amide bonds. The van der Waals surface area contributed by atoms with Crippen LogP contribution >= 0.6 is 11.3 Å². The summed E-state index contributed by atoms with van der Waals surface area (Å²) in [6, 6.07) is 59.8. The maximum atomic E-state index is 13.8. The predicted molar refractivity (Wildman–Crippen MR) is 564 cm³/mol. The Hall–Kier alpha value is -16.3. The number of hydrogen-bond acceptors (Lipinski definition) is 30. The minimum Gasteiger partial charge on any atom is -0.495 e. The number of methoxy groups -OCH3 is 2. The van der Waals surface area contributed by atoms with Gasteiger partial charge >= 0.3 is 5.97 Å². The predicted octanol–water partition coefficient (Wildman–Crippen LogP) is 16.4. The quantitative estimate of drug-likeness (QED) is 0.0251. The van der Waals surface area contributed by atoms with Crippen LogP contribution in [0.3, 0.4) is 0 Å². The van der Waals surface area contributed by atoms with E-state index in [9.17, 15) is 39.0 Å². The molecular formula is C112H113N19O15S. The Morgan fingerprint density at radius 1 is 0.401 bits per heavy atom. The van der Waals surface area contributed by atoms with Gasteiger partial charge in [-0.1, -0.05) is 97.1 Å². The number of fused-ring (bicyclic) bond motifs is 2. The molecule has 5 aliphatic heterocycles. The number of esters is 1. The normalized spacial score (nSPS) is 15.1. The number of benzene rings is 6. The van der Waals surface area contributed by atoms with E-state index in [0.29, 0.717) is 174 Å². The summed E-state index contributed by atoms with van der Waals surface area (Å²) in [7, 11) is 3.17. The highest BCUT2D eigenvalue weighted by atomic mass is 32.1. The molecule has 4 saturated heterocycles. The average molecular weight is 2000 g/mol. The number of nitrogens with one attached hydrogen (secondary N) is 4. The standard InChI is InChI=1S/2C29H29N5O4.C28H28N4O4S.C26H27N5O3/c1-37-26-9-5-21(16-32-26)20-4-8-25(31-15-20)34-28(36)29(10-12-38-13-11-29)24-6-2-19(3-7-24)22-14-23(18-35)27(30)33-17-22;1-37-25-13-22(14-31-17-25)20-4-7-26(32-15-20)34-28(36)29(8-10-38-11-9-29)24-5-2-19(3-6-24)21-12-23(18-35)27(30)33-16-21;1-3-36-25(33)24-17(2)22-14-21(8-9-23(22)37-24)32-26(34)28(10-12-35-13-11-28)20-6-4-18(5-7-20)19-15-30-27(29)31-16-19;1-17(32)31-11-8-19-14-22(6-7-23(19)31)30-24(33)26(9-12-34-13-10-26)21-4-2-18(3-5-21)20-15-28-25(27)29-16-20/h2-9,14-17,35H,10-13,18H2,1H3,(H2,30,33)(H,31,34,36);2-7,12-17,35H,8-11,18H2,1H3,(H2,30,33)(H,32,34,36);4-9,14-16H,3,10-13H2,1-2H3,(H,32,34)(H2,29,30,31);2-7,14-16H,8-13H2,1H3,(H,30,33)(H2,27,28,29). The number of aromatic nitrogens is 10. The average Bonchev–Trinajstić information content (AvgIpc) is 1.69. The van der Waals surface area contributed by atoms with Crippen LogP contribution in [0.5, 0.6) is 11.6 Å². The van der Waals surface area contributed by atoms with Crippen molar-refractivity contribution >= 4 is 109 Å². The fourth-order valence-corrected chi connectivity index (χ4v) is 20.2. The van der Waals surface area contributed by atoms with E-state index in [1.165, 1.54) is 11.3 Å². The van der Waals surface area contributed by atoms with E-state index in [-0.39, 0.29) is 60.6 Å². The third kappa shape index (κ3) is 22.9. The molecule has 9 aromatic heterocycles. The summed E-state index contributed by atoms with van der Waals surface area (Å²) >= 11 is 1.40. The van der Waals surface area contributed by atoms with Crippen LogP contribution in [0.2, 0.25) is 0 Å². The number of anilines is 9. The van der Waals surface area contributed by atoms with Gasteiger partial charge in [0, 0.05) is 212 Å². The second-order valence-electron chi connectivity index (χ2n) is 36.2. The molecule has 752 valence electrons. The van der Waals surface area contributed by atoms with E-state index in [1.54, 1.807) is 119 Å². The van der Waals surface area contributed by atoms with Crippen LogP contribution in [0.15, 0.2) is 256 Å². The van der Waals surface area contributed by atoms with Gasteiger partial charge in [0.2, 0.25) is 47.3 Å². The molecule has 15 aromatic rings. The largest absolute Gasteiger partial charge is 0.495 e. The molecule has 5 aliphatic rings. The number of aliphatic hydroxyl groups is 2. The number of nitrogen functional groups attached to an aromatic ring is 4. The van der Waals surface area contributed by atoms with Gasteiger partial charge in [-0.15, -0.1) is 11.3 Å². The molecule has 0 bridgehead atoms. The fourth-order valence-electron chi connectivity index (χ4n) is 19.1. The van der Waals surface area contributed by atoms with E-state index in [4.69, 9.17) is 56.1 Å². The number of thiophene rings is 1. The molecule has 0 aliphatic carbocycles. The fraction of sp³-hybridized carbons (Fsp3) is 0.268. The summed E-state index contributed by atoms with van der Waals surface area (Å²) in [6.45, 7) is 9.95. The number of amides is 5. The highest BCUT2D eigenvalue weighted by Crippen LogP contribution is 2.45. The first-order valence-corrected chi connectivity index (χ1v) is 49.1. The van der Waals surface area contributed by atoms with Gasteiger partial charge < -0.3 is 92.5 Å². The number of aliphatic hydroxyl groups excluding tert-OH is 2. The van der Waals surface area contributed by atoms with Gasteiger partial charge in [-0.25, -0.2) is 49.7 Å². The SMILES string of the molecule is CC(=O)N1CCc2cc(NC(=O)C3(c4ccc(-c5cnc(N)nc5)cc4)CCOCC3)ccc21.CCOC(=O)c1sc2ccc(NC(=O)C3(c4ccc(-c5cnc(N)nc5)cc4)CCOCC3)cc2c1C.COc1ccc(-c2ccc(NC(=O)C3(c4ccc(-c5cnc(N)c(CO)c5)cc4)CCOCC3)nc2)cn1.COc1cncc(-c2ccc(NC(=O)C3(c4ccc(-c5cnc(N)c(CO)c5)cc4)CCOCC3)nc2)c1. The number of rotatable bonds is 24. The topological polar surface area (TPSA) is 492 Å². The molecule has 0 saturated carbocycles. The molecular weight excluding hydrogens is 1880 g/mol. The molecule has 147 heavy (non-hydrogen) atoms. The van der Waals surface area contributed by atoms with Gasteiger partial charge in [-0.2, -0.15) is 0 Å². The zero-order chi connectivity index (χ0) is 103. The number of nitrogens with zero attached hydrogens (tertiary/aromatic N) is 11. The molecule has 34 nitrogen and oxygen atoms in total. The lowest BCUT2D eigenvalue weighted by atomic mass is 9.73. The number of hydrogen-bond donors (Lipinski definition) is 10. The highest BCUT2D eigenvalue weighted by molar-refractivity contribution is 7.21. The Bertz CT molecular complexity index is 7190. The van der Waals surface area contributed by atoms with Crippen molar-refractivity contribution in [2.24, 2.45) is 0 Å². The second kappa shape index (κ2) is 46.2. The van der Waals surface area contributed by atoms with Gasteiger partial charge in [-0.3, -0.25) is 29.0 Å². The Morgan fingerprint density at radius 3 is 1.16 bits per heavy atom. The molecule has 0 unspecified atom stereocenters. The van der Waals surface area contributed by atoms with Gasteiger partial charge in [0.25, 0.3) is 0 Å². The third-order valence-corrected chi connectivity index (χ3v) is 29.0. The number of ether oxygens (including phenoxy) is 7. The van der Waals surface area contributed by atoms with Crippen LogP contribution in [0.1, 0.15) is 119 Å². The zero-order valence-corrected chi connectivity index (χ0v) is 82.8. The molecule has 6 aromatic carbocycles. The van der Waals surface area contributed by atoms with E-state index in [0.717, 1.165) is 128 Å². The minimum atomic E-state index is -0.747. The Kier molecular flexibility index (Phi) is 32.1. The van der Waals surface area contributed by atoms with Crippen LogP contribution in [0.4, 0.5) is 52.2 Å². The van der Waals surface area contributed by atoms with Gasteiger partial charge in [-0.05, 0) is 218 Å². The summed E-state index contributed by atoms with van der Waals surface area (Å²) < 4.78 is 39.0. The Morgan fingerprint density at radius 2 is 0.776 bits per heavy atom. The van der Waals surface area contributed by atoms with Crippen molar-refractivity contribution in [3.8, 4) is 78.4 Å². The van der Waals surface area contributed by atoms with Crippen LogP contribution in [-0.2, 0) is 89.0 Å². The van der Waals surface area contributed by atoms with Crippen molar-refractivity contribution in [2.75, 3.05) is 129 Å². The van der Waals surface area contributed by atoms with Crippen molar-refractivity contribution in [1.82, 2.24) is 49.8 Å². The number of carbonyl (C=O) groups excluding carboxylic acids is 6. The molecule has 4 fully saturated rings. The van der Waals surface area contributed by atoms with Crippen molar-refractivity contribution < 1.29 is 72.1 Å². The smallest absolute Gasteiger partial charge is 0.348 e. The Labute approximate surface area is 852 Å². The summed E-state index contributed by atoms with van der Waals surface area (Å²) in [6.07, 6.45) is 24.0. The van der Waals surface area contributed by atoms with Crippen molar-refractivity contribution in [2.45, 2.75) is 113 Å². The van der Waals surface area contributed by atoms with Crippen LogP contribution < -0.4 is 58.6 Å². The van der Waals surface area contributed by atoms with Crippen molar-refractivity contribution in [1.29, 1.82) is 0 Å².